The molecule has 1 aromatic carbocycles. The molecule has 0 fully saturated rings. The fourth-order valence-electron chi connectivity index (χ4n) is 3.66. The third kappa shape index (κ3) is 3.29. The molecule has 0 spiro atoms. The first-order valence-electron chi connectivity index (χ1n) is 8.94. The number of carbonyl (C=O) groups excluding carboxylic acids is 1. The fraction of sp³-hybridized carbons (Fsp3) is 0.421. The molecule has 1 unspecified atom stereocenters. The van der Waals surface area contributed by atoms with Gasteiger partial charge in [-0.05, 0) is 37.8 Å². The Bertz CT molecular complexity index is 894. The summed E-state index contributed by atoms with van der Waals surface area (Å²) < 4.78 is 2.16. The molecule has 130 valence electrons. The van der Waals surface area contributed by atoms with Crippen molar-refractivity contribution >= 4 is 16.8 Å². The lowest BCUT2D eigenvalue weighted by Gasteiger charge is -2.16. The number of aryl methyl sites for hydroxylation is 3. The van der Waals surface area contributed by atoms with Gasteiger partial charge in [-0.25, -0.2) is 0 Å². The lowest BCUT2D eigenvalue weighted by atomic mass is 10.1. The van der Waals surface area contributed by atoms with Crippen molar-refractivity contribution in [2.24, 2.45) is 0 Å². The van der Waals surface area contributed by atoms with E-state index in [1.807, 2.05) is 25.3 Å². The number of hydrogen-bond donors (Lipinski definition) is 2. The van der Waals surface area contributed by atoms with E-state index in [4.69, 9.17) is 0 Å². The molecule has 2 N–H and O–H groups in total. The monoisotopic (exact) mass is 337 g/mol. The van der Waals surface area contributed by atoms with Crippen molar-refractivity contribution in [2.75, 3.05) is 0 Å². The van der Waals surface area contributed by atoms with Gasteiger partial charge in [0.1, 0.15) is 11.6 Å². The van der Waals surface area contributed by atoms with Crippen molar-refractivity contribution < 1.29 is 4.79 Å². The zero-order valence-electron chi connectivity index (χ0n) is 14.5. The zero-order valence-corrected chi connectivity index (χ0v) is 14.5. The molecule has 6 heteroatoms. The van der Waals surface area contributed by atoms with Gasteiger partial charge in [-0.2, -0.15) is 0 Å². The average Bonchev–Trinajstić information content (AvgIpc) is 3.12. The maximum absolute atomic E-state index is 12.4. The Kier molecular flexibility index (Phi) is 4.26. The highest BCUT2D eigenvalue weighted by atomic mass is 16.1. The molecule has 1 atom stereocenters. The summed E-state index contributed by atoms with van der Waals surface area (Å²) in [6, 6.07) is 8.43. The Labute approximate surface area is 146 Å². The van der Waals surface area contributed by atoms with Crippen molar-refractivity contribution in [3.63, 3.8) is 0 Å². The van der Waals surface area contributed by atoms with Gasteiger partial charge in [0.15, 0.2) is 0 Å². The van der Waals surface area contributed by atoms with Crippen LogP contribution in [0.3, 0.4) is 0 Å². The van der Waals surface area contributed by atoms with E-state index < -0.39 is 0 Å². The minimum atomic E-state index is 0.129. The maximum Gasteiger partial charge on any atom is 0.220 e. The van der Waals surface area contributed by atoms with Gasteiger partial charge < -0.3 is 14.9 Å². The number of para-hydroxylation sites is 1. The molecule has 0 aliphatic carbocycles. The van der Waals surface area contributed by atoms with E-state index in [0.29, 0.717) is 6.42 Å². The summed E-state index contributed by atoms with van der Waals surface area (Å²) in [5.74, 6) is 2.12. The van der Waals surface area contributed by atoms with Crippen LogP contribution in [0.15, 0.2) is 30.5 Å². The summed E-state index contributed by atoms with van der Waals surface area (Å²) >= 11 is 0. The Morgan fingerprint density at radius 3 is 3.12 bits per heavy atom. The van der Waals surface area contributed by atoms with E-state index in [9.17, 15) is 4.79 Å². The van der Waals surface area contributed by atoms with Gasteiger partial charge >= 0.3 is 0 Å². The van der Waals surface area contributed by atoms with Crippen LogP contribution in [-0.2, 0) is 24.2 Å². The van der Waals surface area contributed by atoms with E-state index in [1.165, 1.54) is 10.9 Å². The molecule has 0 saturated heterocycles. The SMILES string of the molecule is Cc1nnc2n1CCC(NC(=O)CCc1c[nH]c3ccccc13)CC2. The third-order valence-corrected chi connectivity index (χ3v) is 5.09. The van der Waals surface area contributed by atoms with Crippen LogP contribution in [-0.4, -0.2) is 31.7 Å². The molecule has 3 heterocycles. The molecule has 25 heavy (non-hydrogen) atoms. The second-order valence-electron chi connectivity index (χ2n) is 6.77. The van der Waals surface area contributed by atoms with Gasteiger partial charge in [0.05, 0.1) is 0 Å². The Hall–Kier alpha value is -2.63. The maximum atomic E-state index is 12.4. The number of benzene rings is 1. The fourth-order valence-corrected chi connectivity index (χ4v) is 3.66. The molecule has 2 aromatic heterocycles. The first-order chi connectivity index (χ1) is 12.2. The molecule has 0 bridgehead atoms. The van der Waals surface area contributed by atoms with Crippen LogP contribution in [0.2, 0.25) is 0 Å². The first-order valence-corrected chi connectivity index (χ1v) is 8.94. The topological polar surface area (TPSA) is 75.6 Å². The molecule has 1 aliphatic heterocycles. The van der Waals surface area contributed by atoms with Crippen molar-refractivity contribution in [1.29, 1.82) is 0 Å². The van der Waals surface area contributed by atoms with E-state index >= 15 is 0 Å². The van der Waals surface area contributed by atoms with Crippen LogP contribution < -0.4 is 5.32 Å². The predicted molar refractivity (Wildman–Crippen MR) is 96.2 cm³/mol. The number of aromatic nitrogens is 4. The number of H-pyrrole nitrogens is 1. The number of fused-ring (bicyclic) bond motifs is 2. The van der Waals surface area contributed by atoms with Gasteiger partial charge in [-0.3, -0.25) is 4.79 Å². The number of amides is 1. The summed E-state index contributed by atoms with van der Waals surface area (Å²) in [5, 5.41) is 12.8. The molecular weight excluding hydrogens is 314 g/mol. The quantitative estimate of drug-likeness (QED) is 0.768. The Morgan fingerprint density at radius 1 is 1.32 bits per heavy atom. The second kappa shape index (κ2) is 6.70. The standard InChI is InChI=1S/C19H23N5O/c1-13-22-23-18-8-7-15(10-11-24(13)18)21-19(25)9-6-14-12-20-17-5-3-2-4-16(14)17/h2-5,12,15,20H,6-11H2,1H3,(H,21,25). The molecular formula is C19H23N5O. The normalized spacial score (nSPS) is 17.2. The Morgan fingerprint density at radius 2 is 2.20 bits per heavy atom. The number of carbonyl (C=O) groups is 1. The Balaban J connectivity index is 1.32. The van der Waals surface area contributed by atoms with E-state index in [2.05, 4.69) is 37.2 Å². The molecule has 1 amide bonds. The highest BCUT2D eigenvalue weighted by Gasteiger charge is 2.20. The van der Waals surface area contributed by atoms with Crippen molar-refractivity contribution in [3.05, 3.63) is 47.7 Å². The molecule has 4 rings (SSSR count). The predicted octanol–water partition coefficient (Wildman–Crippen LogP) is 2.52. The van der Waals surface area contributed by atoms with Gasteiger partial charge in [-0.1, -0.05) is 18.2 Å². The third-order valence-electron chi connectivity index (χ3n) is 5.09. The zero-order chi connectivity index (χ0) is 17.2. The number of rotatable bonds is 4. The van der Waals surface area contributed by atoms with Gasteiger partial charge in [0, 0.05) is 42.5 Å². The average molecular weight is 337 g/mol. The summed E-state index contributed by atoms with van der Waals surface area (Å²) in [6.45, 7) is 2.86. The van der Waals surface area contributed by atoms with Crippen molar-refractivity contribution in [1.82, 2.24) is 25.1 Å². The van der Waals surface area contributed by atoms with Crippen LogP contribution in [0, 0.1) is 6.92 Å². The van der Waals surface area contributed by atoms with E-state index in [1.54, 1.807) is 0 Å². The lowest BCUT2D eigenvalue weighted by Crippen LogP contribution is -2.35. The molecule has 0 radical (unpaired) electrons. The second-order valence-corrected chi connectivity index (χ2v) is 6.77. The van der Waals surface area contributed by atoms with Crippen LogP contribution in [0.4, 0.5) is 0 Å². The summed E-state index contributed by atoms with van der Waals surface area (Å²) in [7, 11) is 0. The lowest BCUT2D eigenvalue weighted by molar-refractivity contribution is -0.121. The van der Waals surface area contributed by atoms with Crippen LogP contribution >= 0.6 is 0 Å². The molecule has 3 aromatic rings. The summed E-state index contributed by atoms with van der Waals surface area (Å²) in [6.07, 6.45) is 6.02. The number of hydrogen-bond acceptors (Lipinski definition) is 3. The van der Waals surface area contributed by atoms with Crippen molar-refractivity contribution in [2.45, 2.75) is 51.6 Å². The van der Waals surface area contributed by atoms with Gasteiger partial charge in [-0.15, -0.1) is 10.2 Å². The van der Waals surface area contributed by atoms with E-state index in [-0.39, 0.29) is 11.9 Å². The summed E-state index contributed by atoms with van der Waals surface area (Å²) in [5.41, 5.74) is 2.33. The minimum absolute atomic E-state index is 0.129. The molecule has 1 aliphatic rings. The smallest absolute Gasteiger partial charge is 0.220 e. The molecule has 6 nitrogen and oxygen atoms in total. The highest BCUT2D eigenvalue weighted by molar-refractivity contribution is 5.84. The van der Waals surface area contributed by atoms with Crippen molar-refractivity contribution in [3.8, 4) is 0 Å². The number of nitrogens with zero attached hydrogens (tertiary/aromatic N) is 3. The van der Waals surface area contributed by atoms with Gasteiger partial charge in [0.2, 0.25) is 5.91 Å². The van der Waals surface area contributed by atoms with Gasteiger partial charge in [0.25, 0.3) is 0 Å². The number of aromatic amines is 1. The number of nitrogens with one attached hydrogen (secondary N) is 2. The minimum Gasteiger partial charge on any atom is -0.361 e. The largest absolute Gasteiger partial charge is 0.361 e. The first kappa shape index (κ1) is 15.9. The van der Waals surface area contributed by atoms with E-state index in [0.717, 1.165) is 49.4 Å². The summed E-state index contributed by atoms with van der Waals surface area (Å²) in [4.78, 5) is 15.6. The van der Waals surface area contributed by atoms with Crippen LogP contribution in [0.1, 0.15) is 36.5 Å². The van der Waals surface area contributed by atoms with Crippen LogP contribution in [0.5, 0.6) is 0 Å². The molecule has 0 saturated carbocycles. The van der Waals surface area contributed by atoms with Crippen LogP contribution in [0.25, 0.3) is 10.9 Å². The highest BCUT2D eigenvalue weighted by Crippen LogP contribution is 2.19.